The number of carbonyl (C=O) groups is 3. The quantitative estimate of drug-likeness (QED) is 0.549. The fourth-order valence-electron chi connectivity index (χ4n) is 2.87. The number of benzene rings is 1. The molecule has 0 atom stereocenters. The highest BCUT2D eigenvalue weighted by Gasteiger charge is 2.29. The number of sulfonamides is 1. The molecule has 2 aromatic rings. The summed E-state index contributed by atoms with van der Waals surface area (Å²) in [5.74, 6) is -1.19. The first-order valence-electron chi connectivity index (χ1n) is 9.04. The van der Waals surface area contributed by atoms with Gasteiger partial charge in [-0.15, -0.1) is 0 Å². The molecule has 0 saturated carbocycles. The van der Waals surface area contributed by atoms with Gasteiger partial charge in [0.15, 0.2) is 0 Å². The van der Waals surface area contributed by atoms with Crippen LogP contribution in [0.4, 0.5) is 0 Å². The first-order valence-corrected chi connectivity index (χ1v) is 10.5. The van der Waals surface area contributed by atoms with Gasteiger partial charge in [-0.2, -0.15) is 9.40 Å². The van der Waals surface area contributed by atoms with Gasteiger partial charge < -0.3 is 4.90 Å². The minimum Gasteiger partial charge on any atom is -0.340 e. The van der Waals surface area contributed by atoms with Crippen molar-refractivity contribution >= 4 is 27.7 Å². The Morgan fingerprint density at radius 3 is 2.27 bits per heavy atom. The number of amides is 3. The van der Waals surface area contributed by atoms with Crippen LogP contribution in [0.3, 0.4) is 0 Å². The molecule has 2 N–H and O–H groups in total. The zero-order valence-corrected chi connectivity index (χ0v) is 17.0. The average molecular weight is 435 g/mol. The lowest BCUT2D eigenvalue weighted by molar-refractivity contribution is -0.130. The molecule has 0 unspecified atom stereocenters. The Labute approximate surface area is 172 Å². The third-order valence-corrected chi connectivity index (χ3v) is 6.44. The van der Waals surface area contributed by atoms with Crippen LogP contribution in [-0.2, 0) is 26.2 Å². The molecule has 30 heavy (non-hydrogen) atoms. The van der Waals surface area contributed by atoms with E-state index in [0.29, 0.717) is 13.1 Å². The number of nitrogens with zero attached hydrogens (tertiary/aromatic N) is 5. The molecule has 1 aromatic carbocycles. The Morgan fingerprint density at radius 2 is 1.70 bits per heavy atom. The van der Waals surface area contributed by atoms with Crippen LogP contribution in [-0.4, -0.2) is 76.3 Å². The molecule has 1 aliphatic heterocycles. The van der Waals surface area contributed by atoms with Crippen LogP contribution in [0.1, 0.15) is 17.3 Å². The minimum atomic E-state index is -3.73. The number of nitrogens with one attached hydrogen (secondary N) is 2. The summed E-state index contributed by atoms with van der Waals surface area (Å²) in [7, 11) is -3.73. The van der Waals surface area contributed by atoms with E-state index in [2.05, 4.69) is 20.9 Å². The largest absolute Gasteiger partial charge is 0.340 e. The van der Waals surface area contributed by atoms with E-state index in [1.807, 2.05) is 0 Å². The van der Waals surface area contributed by atoms with E-state index in [1.165, 1.54) is 52.8 Å². The number of rotatable bonds is 5. The van der Waals surface area contributed by atoms with Gasteiger partial charge in [-0.1, -0.05) is 0 Å². The molecule has 1 aliphatic rings. The van der Waals surface area contributed by atoms with Crippen LogP contribution >= 0.6 is 0 Å². The smallest absolute Gasteiger partial charge is 0.269 e. The molecule has 1 fully saturated rings. The van der Waals surface area contributed by atoms with Gasteiger partial charge >= 0.3 is 0 Å². The van der Waals surface area contributed by atoms with E-state index in [4.69, 9.17) is 0 Å². The molecule has 13 heteroatoms. The van der Waals surface area contributed by atoms with Gasteiger partial charge in [-0.05, 0) is 24.3 Å². The predicted molar refractivity (Wildman–Crippen MR) is 103 cm³/mol. The van der Waals surface area contributed by atoms with E-state index >= 15 is 0 Å². The molecule has 1 saturated heterocycles. The number of hydrogen-bond donors (Lipinski definition) is 2. The van der Waals surface area contributed by atoms with Crippen molar-refractivity contribution < 1.29 is 22.8 Å². The third kappa shape index (κ3) is 4.99. The maximum absolute atomic E-state index is 12.8. The third-order valence-electron chi connectivity index (χ3n) is 4.53. The molecule has 3 amide bonds. The summed E-state index contributed by atoms with van der Waals surface area (Å²) in [4.78, 5) is 40.6. The lowest BCUT2D eigenvalue weighted by Crippen LogP contribution is -2.49. The highest BCUT2D eigenvalue weighted by molar-refractivity contribution is 7.89. The van der Waals surface area contributed by atoms with Crippen LogP contribution in [0.2, 0.25) is 0 Å². The van der Waals surface area contributed by atoms with Crippen molar-refractivity contribution in [3.8, 4) is 0 Å². The van der Waals surface area contributed by atoms with Gasteiger partial charge in [0, 0.05) is 38.7 Å². The van der Waals surface area contributed by atoms with Crippen molar-refractivity contribution in [2.45, 2.75) is 18.4 Å². The monoisotopic (exact) mass is 435 g/mol. The summed E-state index contributed by atoms with van der Waals surface area (Å²) >= 11 is 0. The number of hydrogen-bond acceptors (Lipinski definition) is 7. The highest BCUT2D eigenvalue weighted by atomic mass is 32.2. The molecule has 0 bridgehead atoms. The molecule has 0 spiro atoms. The van der Waals surface area contributed by atoms with Gasteiger partial charge in [0.25, 0.3) is 11.8 Å². The standard InChI is InChI=1S/C17H21N7O5S/c1-13(25)22-6-8-24(9-7-22)30(28,29)15-4-2-14(3-5-15)17(27)21-20-16(26)10-23-12-18-11-19-23/h2-5,11-12H,6-10H2,1H3,(H,20,26)(H,21,27). The van der Waals surface area contributed by atoms with Crippen LogP contribution in [0.25, 0.3) is 0 Å². The minimum absolute atomic E-state index is 0.0468. The van der Waals surface area contributed by atoms with Crippen molar-refractivity contribution in [2.75, 3.05) is 26.2 Å². The first kappa shape index (κ1) is 21.4. The highest BCUT2D eigenvalue weighted by Crippen LogP contribution is 2.18. The van der Waals surface area contributed by atoms with E-state index in [9.17, 15) is 22.8 Å². The SMILES string of the molecule is CC(=O)N1CCN(S(=O)(=O)c2ccc(C(=O)NNC(=O)Cn3cncn3)cc2)CC1. The fourth-order valence-corrected chi connectivity index (χ4v) is 4.29. The van der Waals surface area contributed by atoms with Crippen molar-refractivity contribution in [2.24, 2.45) is 0 Å². The zero-order chi connectivity index (χ0) is 21.7. The summed E-state index contributed by atoms with van der Waals surface area (Å²) in [6, 6.07) is 5.38. The van der Waals surface area contributed by atoms with Crippen LogP contribution in [0, 0.1) is 0 Å². The van der Waals surface area contributed by atoms with E-state index < -0.39 is 21.8 Å². The maximum Gasteiger partial charge on any atom is 0.269 e. The topological polar surface area (TPSA) is 147 Å². The summed E-state index contributed by atoms with van der Waals surface area (Å²) < 4.78 is 28.1. The van der Waals surface area contributed by atoms with Crippen LogP contribution in [0.5, 0.6) is 0 Å². The summed E-state index contributed by atoms with van der Waals surface area (Å²) in [5.41, 5.74) is 4.67. The van der Waals surface area contributed by atoms with Crippen LogP contribution < -0.4 is 10.9 Å². The van der Waals surface area contributed by atoms with Gasteiger partial charge in [-0.3, -0.25) is 25.2 Å². The predicted octanol–water partition coefficient (Wildman–Crippen LogP) is -1.41. The van der Waals surface area contributed by atoms with E-state index in [0.717, 1.165) is 0 Å². The number of carbonyl (C=O) groups excluding carboxylic acids is 3. The van der Waals surface area contributed by atoms with E-state index in [-0.39, 0.29) is 36.0 Å². The van der Waals surface area contributed by atoms with E-state index in [1.54, 1.807) is 4.90 Å². The Balaban J connectivity index is 1.56. The zero-order valence-electron chi connectivity index (χ0n) is 16.2. The molecule has 3 rings (SSSR count). The maximum atomic E-state index is 12.8. The van der Waals surface area contributed by atoms with Gasteiger partial charge in [-0.25, -0.2) is 18.1 Å². The Bertz CT molecular complexity index is 1010. The van der Waals surface area contributed by atoms with Crippen molar-refractivity contribution in [3.63, 3.8) is 0 Å². The molecule has 0 radical (unpaired) electrons. The molecule has 12 nitrogen and oxygen atoms in total. The van der Waals surface area contributed by atoms with Crippen molar-refractivity contribution in [1.82, 2.24) is 34.8 Å². The number of hydrazine groups is 1. The second-order valence-electron chi connectivity index (χ2n) is 6.53. The summed E-state index contributed by atoms with van der Waals surface area (Å²) in [5, 5.41) is 3.78. The van der Waals surface area contributed by atoms with Gasteiger partial charge in [0.05, 0.1) is 4.90 Å². The first-order chi connectivity index (χ1) is 14.3. The molecule has 1 aromatic heterocycles. The van der Waals surface area contributed by atoms with Crippen LogP contribution in [0.15, 0.2) is 41.8 Å². The molecule has 2 heterocycles. The molecule has 160 valence electrons. The average Bonchev–Trinajstić information content (AvgIpc) is 3.25. The second kappa shape index (κ2) is 9.00. The molecular weight excluding hydrogens is 414 g/mol. The lowest BCUT2D eigenvalue weighted by Gasteiger charge is -2.33. The second-order valence-corrected chi connectivity index (χ2v) is 8.47. The number of piperazine rings is 1. The normalized spacial score (nSPS) is 14.9. The van der Waals surface area contributed by atoms with Crippen molar-refractivity contribution in [1.29, 1.82) is 0 Å². The molecular formula is C17H21N7O5S. The Morgan fingerprint density at radius 1 is 1.03 bits per heavy atom. The fraction of sp³-hybridized carbons (Fsp3) is 0.353. The lowest BCUT2D eigenvalue weighted by atomic mass is 10.2. The van der Waals surface area contributed by atoms with Gasteiger partial charge in [0.2, 0.25) is 15.9 Å². The summed E-state index contributed by atoms with van der Waals surface area (Å²) in [6.07, 6.45) is 2.64. The van der Waals surface area contributed by atoms with Crippen molar-refractivity contribution in [3.05, 3.63) is 42.5 Å². The Hall–Kier alpha value is -3.32. The molecule has 0 aliphatic carbocycles. The summed E-state index contributed by atoms with van der Waals surface area (Å²) in [6.45, 7) is 2.43. The number of aromatic nitrogens is 3. The van der Waals surface area contributed by atoms with Gasteiger partial charge in [0.1, 0.15) is 19.2 Å². The Kier molecular flexibility index (Phi) is 6.42.